The van der Waals surface area contributed by atoms with Crippen LogP contribution in [0.2, 0.25) is 0 Å². The zero-order chi connectivity index (χ0) is 15.2. The highest BCUT2D eigenvalue weighted by Gasteiger charge is 2.06. The van der Waals surface area contributed by atoms with Crippen molar-refractivity contribution < 1.29 is 4.74 Å². The Labute approximate surface area is 127 Å². The molecule has 114 valence electrons. The maximum atomic E-state index is 5.45. The largest absolute Gasteiger partial charge is 0.494 e. The molecule has 21 heavy (non-hydrogen) atoms. The summed E-state index contributed by atoms with van der Waals surface area (Å²) in [5, 5.41) is 7.99. The number of ether oxygens (including phenoxy) is 1. The lowest BCUT2D eigenvalue weighted by Gasteiger charge is -2.07. The second kappa shape index (κ2) is 7.16. The summed E-state index contributed by atoms with van der Waals surface area (Å²) in [4.78, 5) is 0. The topological polar surface area (TPSA) is 39.1 Å². The number of hydrogen-bond donors (Lipinski definition) is 1. The van der Waals surface area contributed by atoms with Crippen LogP contribution in [0.15, 0.2) is 30.5 Å². The predicted octanol–water partition coefficient (Wildman–Crippen LogP) is 3.86. The zero-order valence-electron chi connectivity index (χ0n) is 13.4. The van der Waals surface area contributed by atoms with E-state index in [1.54, 1.807) is 0 Å². The molecule has 0 saturated heterocycles. The molecule has 0 aliphatic rings. The van der Waals surface area contributed by atoms with Gasteiger partial charge in [-0.05, 0) is 37.5 Å². The van der Waals surface area contributed by atoms with Crippen molar-refractivity contribution in [2.24, 2.45) is 5.92 Å². The fourth-order valence-corrected chi connectivity index (χ4v) is 2.23. The van der Waals surface area contributed by atoms with Gasteiger partial charge in [-0.3, -0.25) is 4.68 Å². The van der Waals surface area contributed by atoms with Crippen molar-refractivity contribution in [3.8, 4) is 5.75 Å². The monoisotopic (exact) mass is 287 g/mol. The molecule has 0 saturated carbocycles. The third-order valence-electron chi connectivity index (χ3n) is 3.22. The number of nitrogens with zero attached hydrogens (tertiary/aromatic N) is 2. The number of aryl methyl sites for hydroxylation is 1. The standard InChI is InChI=1S/C17H25N3O/c1-5-21-16-8-6-15(7-9-16)10-18-17-12-20(11-13(2)3)19-14(17)4/h6-9,12-13,18H,5,10-11H2,1-4H3. The van der Waals surface area contributed by atoms with E-state index < -0.39 is 0 Å². The second-order valence-electron chi connectivity index (χ2n) is 5.67. The average molecular weight is 287 g/mol. The number of aromatic nitrogens is 2. The van der Waals surface area contributed by atoms with Crippen LogP contribution in [-0.2, 0) is 13.1 Å². The van der Waals surface area contributed by atoms with Crippen molar-refractivity contribution in [2.75, 3.05) is 11.9 Å². The van der Waals surface area contributed by atoms with Crippen molar-refractivity contribution >= 4 is 5.69 Å². The molecule has 1 aromatic carbocycles. The Kier molecular flexibility index (Phi) is 5.26. The molecule has 0 amide bonds. The highest BCUT2D eigenvalue weighted by Crippen LogP contribution is 2.17. The molecule has 4 nitrogen and oxygen atoms in total. The minimum absolute atomic E-state index is 0.600. The van der Waals surface area contributed by atoms with Gasteiger partial charge in [-0.1, -0.05) is 26.0 Å². The Morgan fingerprint density at radius 2 is 1.95 bits per heavy atom. The van der Waals surface area contributed by atoms with Crippen LogP contribution in [-0.4, -0.2) is 16.4 Å². The van der Waals surface area contributed by atoms with Crippen LogP contribution < -0.4 is 10.1 Å². The summed E-state index contributed by atoms with van der Waals surface area (Å²) in [5.41, 5.74) is 3.38. The van der Waals surface area contributed by atoms with Crippen molar-refractivity contribution in [2.45, 2.75) is 40.8 Å². The molecule has 0 spiro atoms. The quantitative estimate of drug-likeness (QED) is 0.840. The van der Waals surface area contributed by atoms with Crippen LogP contribution in [0, 0.1) is 12.8 Å². The Morgan fingerprint density at radius 3 is 2.57 bits per heavy atom. The first kappa shape index (κ1) is 15.4. The van der Waals surface area contributed by atoms with E-state index >= 15 is 0 Å². The Bertz CT molecular complexity index is 558. The van der Waals surface area contributed by atoms with Crippen LogP contribution in [0.1, 0.15) is 32.0 Å². The summed E-state index contributed by atoms with van der Waals surface area (Å²) in [5.74, 6) is 1.52. The maximum Gasteiger partial charge on any atom is 0.119 e. The van der Waals surface area contributed by atoms with Gasteiger partial charge in [-0.15, -0.1) is 0 Å². The van der Waals surface area contributed by atoms with Crippen molar-refractivity contribution in [1.82, 2.24) is 9.78 Å². The van der Waals surface area contributed by atoms with Crippen LogP contribution >= 0.6 is 0 Å². The molecule has 4 heteroatoms. The van der Waals surface area contributed by atoms with E-state index in [0.717, 1.165) is 30.2 Å². The molecule has 0 fully saturated rings. The third kappa shape index (κ3) is 4.52. The van der Waals surface area contributed by atoms with Gasteiger partial charge in [0.05, 0.1) is 18.0 Å². The first-order valence-corrected chi connectivity index (χ1v) is 7.58. The molecule has 0 bridgehead atoms. The highest BCUT2D eigenvalue weighted by molar-refractivity contribution is 5.46. The molecule has 2 rings (SSSR count). The SMILES string of the molecule is CCOc1ccc(CNc2cn(CC(C)C)nc2C)cc1. The lowest BCUT2D eigenvalue weighted by Crippen LogP contribution is -2.04. The molecular weight excluding hydrogens is 262 g/mol. The van der Waals surface area contributed by atoms with E-state index in [9.17, 15) is 0 Å². The van der Waals surface area contributed by atoms with Gasteiger partial charge in [-0.2, -0.15) is 5.10 Å². The lowest BCUT2D eigenvalue weighted by molar-refractivity contribution is 0.340. The van der Waals surface area contributed by atoms with Gasteiger partial charge in [0.15, 0.2) is 0 Å². The third-order valence-corrected chi connectivity index (χ3v) is 3.22. The lowest BCUT2D eigenvalue weighted by atomic mass is 10.2. The first-order chi connectivity index (χ1) is 10.1. The number of hydrogen-bond acceptors (Lipinski definition) is 3. The van der Waals surface area contributed by atoms with E-state index in [-0.39, 0.29) is 0 Å². The number of nitrogens with one attached hydrogen (secondary N) is 1. The normalized spacial score (nSPS) is 10.9. The van der Waals surface area contributed by atoms with E-state index in [2.05, 4.69) is 42.6 Å². The van der Waals surface area contributed by atoms with E-state index in [4.69, 9.17) is 4.74 Å². The van der Waals surface area contributed by atoms with E-state index in [1.807, 2.05) is 30.7 Å². The Balaban J connectivity index is 1.94. The molecule has 1 heterocycles. The van der Waals surface area contributed by atoms with Crippen LogP contribution in [0.5, 0.6) is 5.75 Å². The molecule has 0 radical (unpaired) electrons. The molecular formula is C17H25N3O. The molecule has 1 N–H and O–H groups in total. The van der Waals surface area contributed by atoms with Crippen molar-refractivity contribution in [3.05, 3.63) is 41.7 Å². The van der Waals surface area contributed by atoms with E-state index in [1.165, 1.54) is 5.56 Å². The predicted molar refractivity (Wildman–Crippen MR) is 86.7 cm³/mol. The minimum Gasteiger partial charge on any atom is -0.494 e. The summed E-state index contributed by atoms with van der Waals surface area (Å²) in [7, 11) is 0. The first-order valence-electron chi connectivity index (χ1n) is 7.58. The maximum absolute atomic E-state index is 5.45. The van der Waals surface area contributed by atoms with Gasteiger partial charge < -0.3 is 10.1 Å². The minimum atomic E-state index is 0.600. The molecule has 0 aliphatic carbocycles. The summed E-state index contributed by atoms with van der Waals surface area (Å²) < 4.78 is 7.46. The van der Waals surface area contributed by atoms with Crippen LogP contribution in [0.4, 0.5) is 5.69 Å². The Hall–Kier alpha value is -1.97. The Morgan fingerprint density at radius 1 is 1.24 bits per heavy atom. The molecule has 0 unspecified atom stereocenters. The van der Waals surface area contributed by atoms with E-state index in [0.29, 0.717) is 12.5 Å². The number of anilines is 1. The highest BCUT2D eigenvalue weighted by atomic mass is 16.5. The molecule has 1 aromatic heterocycles. The molecule has 2 aromatic rings. The fraction of sp³-hybridized carbons (Fsp3) is 0.471. The van der Waals surface area contributed by atoms with Gasteiger partial charge in [0.25, 0.3) is 0 Å². The molecule has 0 aliphatic heterocycles. The zero-order valence-corrected chi connectivity index (χ0v) is 13.4. The van der Waals surface area contributed by atoms with Crippen molar-refractivity contribution in [3.63, 3.8) is 0 Å². The second-order valence-corrected chi connectivity index (χ2v) is 5.67. The number of benzene rings is 1. The summed E-state index contributed by atoms with van der Waals surface area (Å²) in [6.07, 6.45) is 2.09. The van der Waals surface area contributed by atoms with Crippen LogP contribution in [0.25, 0.3) is 0 Å². The van der Waals surface area contributed by atoms with Crippen molar-refractivity contribution in [1.29, 1.82) is 0 Å². The van der Waals surface area contributed by atoms with Gasteiger partial charge in [0.2, 0.25) is 0 Å². The number of rotatable bonds is 7. The molecule has 0 atom stereocenters. The van der Waals surface area contributed by atoms with Gasteiger partial charge in [0, 0.05) is 19.3 Å². The smallest absolute Gasteiger partial charge is 0.119 e. The summed E-state index contributed by atoms with van der Waals surface area (Å²) in [6, 6.07) is 8.20. The van der Waals surface area contributed by atoms with Gasteiger partial charge in [0.1, 0.15) is 5.75 Å². The van der Waals surface area contributed by atoms with Gasteiger partial charge >= 0.3 is 0 Å². The average Bonchev–Trinajstić information content (AvgIpc) is 2.77. The fourth-order valence-electron chi connectivity index (χ4n) is 2.23. The van der Waals surface area contributed by atoms with Crippen LogP contribution in [0.3, 0.4) is 0 Å². The summed E-state index contributed by atoms with van der Waals surface area (Å²) >= 11 is 0. The summed E-state index contributed by atoms with van der Waals surface area (Å²) in [6.45, 7) is 10.9. The van der Waals surface area contributed by atoms with Gasteiger partial charge in [-0.25, -0.2) is 0 Å².